The largest absolute Gasteiger partial charge is 0.368 e. The Kier molecular flexibility index (Phi) is 8.27. The highest BCUT2D eigenvalue weighted by Crippen LogP contribution is 2.28. The van der Waals surface area contributed by atoms with Gasteiger partial charge in [0.25, 0.3) is 5.56 Å². The molecule has 0 radical (unpaired) electrons. The van der Waals surface area contributed by atoms with Gasteiger partial charge in [0, 0.05) is 49.1 Å². The summed E-state index contributed by atoms with van der Waals surface area (Å²) < 4.78 is 1.54. The number of hydrogen-bond acceptors (Lipinski definition) is 5. The van der Waals surface area contributed by atoms with E-state index in [9.17, 15) is 9.59 Å². The van der Waals surface area contributed by atoms with Gasteiger partial charge in [0.2, 0.25) is 5.91 Å². The summed E-state index contributed by atoms with van der Waals surface area (Å²) in [6, 6.07) is 20.7. The van der Waals surface area contributed by atoms with Crippen molar-refractivity contribution in [1.29, 1.82) is 0 Å². The van der Waals surface area contributed by atoms with Crippen LogP contribution in [-0.2, 0) is 4.79 Å². The van der Waals surface area contributed by atoms with Crippen molar-refractivity contribution in [1.82, 2.24) is 14.5 Å². The SMILES string of the molecule is Cc1ccccc1N1CCN(C(=O)CCCSc2nc3ccccc3c(=O)n2-c2ccc(Cl)cc2Cl)CC1. The third-order valence-electron chi connectivity index (χ3n) is 6.75. The summed E-state index contributed by atoms with van der Waals surface area (Å²) in [4.78, 5) is 35.4. The molecule has 1 aliphatic heterocycles. The van der Waals surface area contributed by atoms with Crippen LogP contribution in [-0.4, -0.2) is 52.3 Å². The van der Waals surface area contributed by atoms with Crippen LogP contribution in [0.15, 0.2) is 76.7 Å². The molecule has 1 fully saturated rings. The standard InChI is InChI=1S/C29H28Cl2N4O2S/c1-20-7-2-5-10-25(20)33-14-16-34(17-15-33)27(36)11-6-18-38-29-32-24-9-4-3-8-22(24)28(37)35(29)26-13-12-21(30)19-23(26)31/h2-5,7-10,12-13,19H,6,11,14-18H2,1H3. The predicted octanol–water partition coefficient (Wildman–Crippen LogP) is 6.22. The third kappa shape index (κ3) is 5.70. The first-order valence-electron chi connectivity index (χ1n) is 12.6. The molecule has 1 aliphatic rings. The van der Waals surface area contributed by atoms with Crippen molar-refractivity contribution in [2.75, 3.05) is 36.8 Å². The Bertz CT molecular complexity index is 1530. The Morgan fingerprint density at radius 1 is 0.947 bits per heavy atom. The fourth-order valence-electron chi connectivity index (χ4n) is 4.74. The van der Waals surface area contributed by atoms with Crippen molar-refractivity contribution in [3.05, 3.63) is 92.7 Å². The lowest BCUT2D eigenvalue weighted by Crippen LogP contribution is -2.49. The van der Waals surface area contributed by atoms with Crippen LogP contribution in [0.4, 0.5) is 5.69 Å². The van der Waals surface area contributed by atoms with E-state index in [2.05, 4.69) is 30.0 Å². The molecule has 3 aromatic carbocycles. The van der Waals surface area contributed by atoms with Crippen LogP contribution in [0.1, 0.15) is 18.4 Å². The van der Waals surface area contributed by atoms with E-state index in [0.29, 0.717) is 50.4 Å². The van der Waals surface area contributed by atoms with Gasteiger partial charge in [-0.1, -0.05) is 65.3 Å². The molecule has 1 aromatic heterocycles. The number of rotatable bonds is 7. The summed E-state index contributed by atoms with van der Waals surface area (Å²) in [6.07, 6.45) is 1.13. The molecular weight excluding hydrogens is 539 g/mol. The van der Waals surface area contributed by atoms with Gasteiger partial charge in [0.1, 0.15) is 0 Å². The number of thioether (sulfide) groups is 1. The van der Waals surface area contributed by atoms with Gasteiger partial charge in [-0.3, -0.25) is 14.2 Å². The highest BCUT2D eigenvalue weighted by molar-refractivity contribution is 7.99. The summed E-state index contributed by atoms with van der Waals surface area (Å²) in [6.45, 7) is 5.23. The lowest BCUT2D eigenvalue weighted by molar-refractivity contribution is -0.131. The first-order chi connectivity index (χ1) is 18.4. The van der Waals surface area contributed by atoms with Gasteiger partial charge < -0.3 is 9.80 Å². The topological polar surface area (TPSA) is 58.4 Å². The van der Waals surface area contributed by atoms with Crippen molar-refractivity contribution >= 4 is 57.5 Å². The minimum absolute atomic E-state index is 0.166. The van der Waals surface area contributed by atoms with Gasteiger partial charge in [-0.05, 0) is 55.3 Å². The summed E-state index contributed by atoms with van der Waals surface area (Å²) in [5, 5.41) is 1.92. The number of aryl methyl sites for hydroxylation is 1. The monoisotopic (exact) mass is 566 g/mol. The van der Waals surface area contributed by atoms with E-state index in [1.54, 1.807) is 24.3 Å². The number of para-hydroxylation sites is 2. The van der Waals surface area contributed by atoms with Gasteiger partial charge >= 0.3 is 0 Å². The average Bonchev–Trinajstić information content (AvgIpc) is 2.92. The number of anilines is 1. The zero-order chi connectivity index (χ0) is 26.6. The number of piperazine rings is 1. The van der Waals surface area contributed by atoms with E-state index < -0.39 is 0 Å². The van der Waals surface area contributed by atoms with Crippen LogP contribution in [0, 0.1) is 6.92 Å². The molecular formula is C29H28Cl2N4O2S. The highest BCUT2D eigenvalue weighted by atomic mass is 35.5. The Labute approximate surface area is 236 Å². The summed E-state index contributed by atoms with van der Waals surface area (Å²) in [5.74, 6) is 0.810. The van der Waals surface area contributed by atoms with Crippen molar-refractivity contribution in [3.8, 4) is 5.69 Å². The van der Waals surface area contributed by atoms with Gasteiger partial charge in [0.15, 0.2) is 5.16 Å². The zero-order valence-electron chi connectivity index (χ0n) is 21.1. The highest BCUT2D eigenvalue weighted by Gasteiger charge is 2.22. The van der Waals surface area contributed by atoms with E-state index in [-0.39, 0.29) is 11.5 Å². The Morgan fingerprint density at radius 2 is 1.68 bits per heavy atom. The van der Waals surface area contributed by atoms with Crippen LogP contribution in [0.25, 0.3) is 16.6 Å². The number of benzene rings is 3. The molecule has 9 heteroatoms. The summed E-state index contributed by atoms with van der Waals surface area (Å²) in [7, 11) is 0. The molecule has 0 unspecified atom stereocenters. The fourth-order valence-corrected chi connectivity index (χ4v) is 6.18. The van der Waals surface area contributed by atoms with Gasteiger partial charge in [-0.2, -0.15) is 0 Å². The van der Waals surface area contributed by atoms with Crippen molar-refractivity contribution < 1.29 is 4.79 Å². The van der Waals surface area contributed by atoms with Crippen LogP contribution in [0.2, 0.25) is 10.0 Å². The Balaban J connectivity index is 1.24. The van der Waals surface area contributed by atoms with Crippen molar-refractivity contribution in [2.45, 2.75) is 24.9 Å². The minimum atomic E-state index is -0.190. The maximum atomic E-state index is 13.4. The third-order valence-corrected chi connectivity index (χ3v) is 8.31. The first-order valence-corrected chi connectivity index (χ1v) is 14.3. The van der Waals surface area contributed by atoms with E-state index >= 15 is 0 Å². The molecule has 2 heterocycles. The molecule has 6 nitrogen and oxygen atoms in total. The molecule has 196 valence electrons. The van der Waals surface area contributed by atoms with E-state index in [0.717, 1.165) is 26.2 Å². The van der Waals surface area contributed by atoms with Crippen LogP contribution >= 0.6 is 35.0 Å². The molecule has 0 bridgehead atoms. The quantitative estimate of drug-likeness (QED) is 0.151. The second-order valence-corrected chi connectivity index (χ2v) is 11.2. The lowest BCUT2D eigenvalue weighted by Gasteiger charge is -2.36. The molecule has 0 spiro atoms. The van der Waals surface area contributed by atoms with Crippen molar-refractivity contribution in [3.63, 3.8) is 0 Å². The number of nitrogens with zero attached hydrogens (tertiary/aromatic N) is 4. The van der Waals surface area contributed by atoms with Crippen LogP contribution < -0.4 is 10.5 Å². The van der Waals surface area contributed by atoms with E-state index in [4.69, 9.17) is 28.2 Å². The summed E-state index contributed by atoms with van der Waals surface area (Å²) in [5.41, 5.74) is 3.47. The maximum absolute atomic E-state index is 13.4. The Hall–Kier alpha value is -3.00. The number of halogens is 2. The molecule has 1 amide bonds. The molecule has 0 atom stereocenters. The summed E-state index contributed by atoms with van der Waals surface area (Å²) >= 11 is 14.0. The van der Waals surface area contributed by atoms with E-state index in [1.807, 2.05) is 29.2 Å². The predicted molar refractivity (Wildman–Crippen MR) is 157 cm³/mol. The number of fused-ring (bicyclic) bond motifs is 1. The molecule has 0 aliphatic carbocycles. The van der Waals surface area contributed by atoms with Crippen LogP contribution in [0.3, 0.4) is 0 Å². The van der Waals surface area contributed by atoms with Gasteiger partial charge in [0.05, 0.1) is 21.6 Å². The first kappa shape index (κ1) is 26.6. The molecule has 4 aromatic rings. The Morgan fingerprint density at radius 3 is 2.45 bits per heavy atom. The average molecular weight is 568 g/mol. The number of carbonyl (C=O) groups is 1. The second kappa shape index (κ2) is 11.8. The zero-order valence-corrected chi connectivity index (χ0v) is 23.4. The molecule has 1 saturated heterocycles. The number of hydrogen-bond donors (Lipinski definition) is 0. The van der Waals surface area contributed by atoms with Gasteiger partial charge in [-0.25, -0.2) is 4.98 Å². The fraction of sp³-hybridized carbons (Fsp3) is 0.276. The molecule has 0 saturated carbocycles. The second-order valence-electron chi connectivity index (χ2n) is 9.25. The smallest absolute Gasteiger partial charge is 0.266 e. The van der Waals surface area contributed by atoms with Crippen LogP contribution in [0.5, 0.6) is 0 Å². The van der Waals surface area contributed by atoms with Gasteiger partial charge in [-0.15, -0.1) is 0 Å². The number of carbonyl (C=O) groups excluding carboxylic acids is 1. The molecule has 5 rings (SSSR count). The molecule has 38 heavy (non-hydrogen) atoms. The normalized spacial score (nSPS) is 13.8. The molecule has 0 N–H and O–H groups in total. The number of amides is 1. The van der Waals surface area contributed by atoms with Crippen molar-refractivity contribution in [2.24, 2.45) is 0 Å². The van der Waals surface area contributed by atoms with E-state index in [1.165, 1.54) is 27.6 Å². The number of aromatic nitrogens is 2. The maximum Gasteiger partial charge on any atom is 0.266 e. The minimum Gasteiger partial charge on any atom is -0.368 e. The lowest BCUT2D eigenvalue weighted by atomic mass is 10.1.